The number of hydrogen-bond acceptors (Lipinski definition) is 3. The molecule has 0 atom stereocenters. The molecule has 0 amide bonds. The second-order valence-electron chi connectivity index (χ2n) is 4.76. The van der Waals surface area contributed by atoms with Gasteiger partial charge in [-0.3, -0.25) is 4.68 Å². The van der Waals surface area contributed by atoms with Crippen LogP contribution in [0.5, 0.6) is 0 Å². The SMILES string of the molecule is N#Cc1cc(F)ccc1Cn1ncc2c(C(=O)O)cccc21. The second-order valence-corrected chi connectivity index (χ2v) is 4.76. The lowest BCUT2D eigenvalue weighted by Gasteiger charge is -2.06. The van der Waals surface area contributed by atoms with Gasteiger partial charge < -0.3 is 5.11 Å². The number of halogens is 1. The summed E-state index contributed by atoms with van der Waals surface area (Å²) in [5.74, 6) is -1.50. The number of nitriles is 1. The summed E-state index contributed by atoms with van der Waals surface area (Å²) in [4.78, 5) is 11.2. The van der Waals surface area contributed by atoms with Crippen molar-refractivity contribution in [3.05, 3.63) is 65.1 Å². The molecule has 6 heteroatoms. The van der Waals surface area contributed by atoms with E-state index in [2.05, 4.69) is 5.10 Å². The van der Waals surface area contributed by atoms with Gasteiger partial charge in [0, 0.05) is 5.39 Å². The quantitative estimate of drug-likeness (QED) is 0.805. The van der Waals surface area contributed by atoms with E-state index in [1.165, 1.54) is 30.5 Å². The first-order valence-corrected chi connectivity index (χ1v) is 6.46. The lowest BCUT2D eigenvalue weighted by molar-refractivity contribution is 0.0699. The van der Waals surface area contributed by atoms with E-state index in [1.807, 2.05) is 6.07 Å². The van der Waals surface area contributed by atoms with Crippen LogP contribution >= 0.6 is 0 Å². The molecule has 108 valence electrons. The van der Waals surface area contributed by atoms with E-state index in [0.29, 0.717) is 16.5 Å². The minimum Gasteiger partial charge on any atom is -0.478 e. The number of fused-ring (bicyclic) bond motifs is 1. The standard InChI is InChI=1S/C16H10FN3O2/c17-12-5-4-10(11(6-12)7-18)9-20-15-3-1-2-13(16(21)22)14(15)8-19-20/h1-6,8H,9H2,(H,21,22). The van der Waals surface area contributed by atoms with Crippen molar-refractivity contribution in [3.63, 3.8) is 0 Å². The second kappa shape index (κ2) is 5.30. The Morgan fingerprint density at radius 3 is 2.91 bits per heavy atom. The highest BCUT2D eigenvalue weighted by molar-refractivity contribution is 6.02. The first-order valence-electron chi connectivity index (χ1n) is 6.46. The fourth-order valence-electron chi connectivity index (χ4n) is 2.37. The highest BCUT2D eigenvalue weighted by Crippen LogP contribution is 2.20. The first kappa shape index (κ1) is 13.8. The zero-order chi connectivity index (χ0) is 15.7. The Labute approximate surface area is 124 Å². The average Bonchev–Trinajstić information content (AvgIpc) is 2.92. The normalized spacial score (nSPS) is 10.5. The topological polar surface area (TPSA) is 78.9 Å². The van der Waals surface area contributed by atoms with Crippen LogP contribution in [0.1, 0.15) is 21.5 Å². The van der Waals surface area contributed by atoms with Gasteiger partial charge in [-0.05, 0) is 29.8 Å². The maximum atomic E-state index is 13.2. The molecule has 3 aromatic rings. The molecule has 5 nitrogen and oxygen atoms in total. The van der Waals surface area contributed by atoms with E-state index >= 15 is 0 Å². The maximum absolute atomic E-state index is 13.2. The third kappa shape index (κ3) is 2.29. The molecule has 2 aromatic carbocycles. The van der Waals surface area contributed by atoms with E-state index in [1.54, 1.807) is 16.8 Å². The number of aromatic nitrogens is 2. The van der Waals surface area contributed by atoms with E-state index in [0.717, 1.165) is 0 Å². The zero-order valence-corrected chi connectivity index (χ0v) is 11.3. The number of benzene rings is 2. The van der Waals surface area contributed by atoms with Crippen LogP contribution in [0.3, 0.4) is 0 Å². The Morgan fingerprint density at radius 2 is 2.18 bits per heavy atom. The number of hydrogen-bond donors (Lipinski definition) is 1. The van der Waals surface area contributed by atoms with Crippen LogP contribution in [0.15, 0.2) is 42.6 Å². The molecular weight excluding hydrogens is 285 g/mol. The fourth-order valence-corrected chi connectivity index (χ4v) is 2.37. The number of carbonyl (C=O) groups is 1. The maximum Gasteiger partial charge on any atom is 0.336 e. The molecule has 0 spiro atoms. The lowest BCUT2D eigenvalue weighted by atomic mass is 10.1. The average molecular weight is 295 g/mol. The third-order valence-corrected chi connectivity index (χ3v) is 3.43. The van der Waals surface area contributed by atoms with Gasteiger partial charge in [-0.15, -0.1) is 0 Å². The van der Waals surface area contributed by atoms with Crippen molar-refractivity contribution in [2.45, 2.75) is 6.54 Å². The molecule has 1 aromatic heterocycles. The Hall–Kier alpha value is -3.20. The van der Waals surface area contributed by atoms with Crippen LogP contribution in [0.4, 0.5) is 4.39 Å². The first-order chi connectivity index (χ1) is 10.6. The molecule has 0 aliphatic heterocycles. The molecule has 22 heavy (non-hydrogen) atoms. The van der Waals surface area contributed by atoms with Gasteiger partial charge in [0.05, 0.1) is 35.5 Å². The summed E-state index contributed by atoms with van der Waals surface area (Å²) in [6.45, 7) is 0.260. The van der Waals surface area contributed by atoms with E-state index in [4.69, 9.17) is 5.26 Å². The number of nitrogens with zero attached hydrogens (tertiary/aromatic N) is 3. The molecule has 0 fully saturated rings. The van der Waals surface area contributed by atoms with Gasteiger partial charge in [-0.25, -0.2) is 9.18 Å². The summed E-state index contributed by atoms with van der Waals surface area (Å²) in [6, 6.07) is 10.8. The molecular formula is C16H10FN3O2. The third-order valence-electron chi connectivity index (χ3n) is 3.43. The minimum atomic E-state index is -1.02. The molecule has 3 rings (SSSR count). The van der Waals surface area contributed by atoms with Crippen LogP contribution in [0.25, 0.3) is 10.9 Å². The zero-order valence-electron chi connectivity index (χ0n) is 11.3. The molecule has 0 saturated heterocycles. The minimum absolute atomic E-state index is 0.170. The van der Waals surface area contributed by atoms with Crippen molar-refractivity contribution in [2.75, 3.05) is 0 Å². The van der Waals surface area contributed by atoms with Gasteiger partial charge in [0.2, 0.25) is 0 Å². The summed E-state index contributed by atoms with van der Waals surface area (Å²) in [5, 5.41) is 23.0. The van der Waals surface area contributed by atoms with Crippen molar-refractivity contribution in [2.24, 2.45) is 0 Å². The van der Waals surface area contributed by atoms with Crippen LogP contribution in [-0.4, -0.2) is 20.9 Å². The molecule has 0 bridgehead atoms. The summed E-state index contributed by atoms with van der Waals surface area (Å²) >= 11 is 0. The Kier molecular flexibility index (Phi) is 3.31. The van der Waals surface area contributed by atoms with Crippen LogP contribution < -0.4 is 0 Å². The molecule has 0 radical (unpaired) electrons. The Morgan fingerprint density at radius 1 is 1.36 bits per heavy atom. The van der Waals surface area contributed by atoms with Crippen molar-refractivity contribution in [1.29, 1.82) is 5.26 Å². The highest BCUT2D eigenvalue weighted by atomic mass is 19.1. The van der Waals surface area contributed by atoms with Crippen LogP contribution in [-0.2, 0) is 6.54 Å². The largest absolute Gasteiger partial charge is 0.478 e. The molecule has 1 N–H and O–H groups in total. The number of rotatable bonds is 3. The fraction of sp³-hybridized carbons (Fsp3) is 0.0625. The molecule has 0 aliphatic rings. The smallest absolute Gasteiger partial charge is 0.336 e. The number of carboxylic acids is 1. The Bertz CT molecular complexity index is 925. The van der Waals surface area contributed by atoms with Crippen molar-refractivity contribution in [3.8, 4) is 6.07 Å². The monoisotopic (exact) mass is 295 g/mol. The van der Waals surface area contributed by atoms with Gasteiger partial charge in [-0.2, -0.15) is 10.4 Å². The molecule has 0 aliphatic carbocycles. The number of aromatic carboxylic acids is 1. The van der Waals surface area contributed by atoms with E-state index in [-0.39, 0.29) is 17.7 Å². The van der Waals surface area contributed by atoms with Gasteiger partial charge in [-0.1, -0.05) is 12.1 Å². The van der Waals surface area contributed by atoms with Gasteiger partial charge in [0.25, 0.3) is 0 Å². The van der Waals surface area contributed by atoms with Crippen molar-refractivity contribution >= 4 is 16.9 Å². The summed E-state index contributed by atoms with van der Waals surface area (Å²) < 4.78 is 14.8. The van der Waals surface area contributed by atoms with E-state index in [9.17, 15) is 14.3 Å². The van der Waals surface area contributed by atoms with Crippen molar-refractivity contribution < 1.29 is 14.3 Å². The van der Waals surface area contributed by atoms with Crippen LogP contribution in [0, 0.1) is 17.1 Å². The van der Waals surface area contributed by atoms with Gasteiger partial charge in [0.1, 0.15) is 5.82 Å². The predicted octanol–water partition coefficient (Wildman–Crippen LogP) is 2.79. The predicted molar refractivity (Wildman–Crippen MR) is 76.9 cm³/mol. The van der Waals surface area contributed by atoms with Gasteiger partial charge >= 0.3 is 5.97 Å². The summed E-state index contributed by atoms with van der Waals surface area (Å²) in [7, 11) is 0. The molecule has 0 saturated carbocycles. The van der Waals surface area contributed by atoms with Crippen LogP contribution in [0.2, 0.25) is 0 Å². The highest BCUT2D eigenvalue weighted by Gasteiger charge is 2.13. The number of carboxylic acid groups (broad SMARTS) is 1. The Balaban J connectivity index is 2.08. The molecule has 0 unspecified atom stereocenters. The lowest BCUT2D eigenvalue weighted by Crippen LogP contribution is -2.04. The molecule has 1 heterocycles. The van der Waals surface area contributed by atoms with Gasteiger partial charge in [0.15, 0.2) is 0 Å². The summed E-state index contributed by atoms with van der Waals surface area (Å²) in [6.07, 6.45) is 1.48. The van der Waals surface area contributed by atoms with Crippen molar-refractivity contribution in [1.82, 2.24) is 9.78 Å². The van der Waals surface area contributed by atoms with E-state index < -0.39 is 11.8 Å². The summed E-state index contributed by atoms with van der Waals surface area (Å²) in [5.41, 5.74) is 1.67.